The van der Waals surface area contributed by atoms with Crippen LogP contribution in [0.4, 0.5) is 5.69 Å². The van der Waals surface area contributed by atoms with Gasteiger partial charge >= 0.3 is 0 Å². The summed E-state index contributed by atoms with van der Waals surface area (Å²) in [6.07, 6.45) is 0. The second-order valence-electron chi connectivity index (χ2n) is 6.19. The zero-order valence-corrected chi connectivity index (χ0v) is 16.5. The van der Waals surface area contributed by atoms with Crippen LogP contribution in [0.3, 0.4) is 0 Å². The molecular weight excluding hydrogens is 394 g/mol. The van der Waals surface area contributed by atoms with Crippen LogP contribution in [0.1, 0.15) is 6.92 Å². The van der Waals surface area contributed by atoms with E-state index in [-0.39, 0.29) is 5.91 Å². The van der Waals surface area contributed by atoms with E-state index in [4.69, 9.17) is 16.0 Å². The summed E-state index contributed by atoms with van der Waals surface area (Å²) in [5, 5.41) is 13.8. The molecule has 1 N–H and O–H groups in total. The molecule has 0 aliphatic rings. The first-order valence-corrected chi connectivity index (χ1v) is 9.90. The minimum absolute atomic E-state index is 0.133. The van der Waals surface area contributed by atoms with Crippen molar-refractivity contribution in [3.8, 4) is 11.5 Å². The van der Waals surface area contributed by atoms with E-state index in [0.29, 0.717) is 16.1 Å². The number of amides is 1. The van der Waals surface area contributed by atoms with Crippen LogP contribution >= 0.6 is 23.4 Å². The third-order valence-electron chi connectivity index (χ3n) is 4.16. The van der Waals surface area contributed by atoms with Gasteiger partial charge in [0.1, 0.15) is 0 Å². The van der Waals surface area contributed by atoms with Crippen LogP contribution in [0.5, 0.6) is 0 Å². The molecule has 0 aliphatic heterocycles. The first kappa shape index (κ1) is 18.5. The number of thioether (sulfide) groups is 1. The Bertz CT molecular complexity index is 1130. The number of fused-ring (bicyclic) bond motifs is 1. The number of nitrogens with zero attached hydrogens (tertiary/aromatic N) is 2. The summed E-state index contributed by atoms with van der Waals surface area (Å²) in [4.78, 5) is 12.5. The number of anilines is 1. The fourth-order valence-electron chi connectivity index (χ4n) is 2.68. The van der Waals surface area contributed by atoms with E-state index >= 15 is 0 Å². The van der Waals surface area contributed by atoms with Crippen LogP contribution in [0.25, 0.3) is 22.2 Å². The maximum absolute atomic E-state index is 12.5. The molecule has 28 heavy (non-hydrogen) atoms. The predicted molar refractivity (Wildman–Crippen MR) is 113 cm³/mol. The van der Waals surface area contributed by atoms with Crippen molar-refractivity contribution in [1.82, 2.24) is 10.2 Å². The Morgan fingerprint density at radius 3 is 2.57 bits per heavy atom. The van der Waals surface area contributed by atoms with Gasteiger partial charge in [0, 0.05) is 16.3 Å². The normalized spacial score (nSPS) is 12.1. The molecule has 7 heteroatoms. The number of hydrogen-bond donors (Lipinski definition) is 1. The zero-order valence-electron chi connectivity index (χ0n) is 14.9. The molecule has 140 valence electrons. The zero-order chi connectivity index (χ0) is 19.5. The summed E-state index contributed by atoms with van der Waals surface area (Å²) in [5.41, 5.74) is 1.53. The predicted octanol–water partition coefficient (Wildman–Crippen LogP) is 5.66. The molecule has 4 aromatic rings. The number of nitrogens with one attached hydrogen (secondary N) is 1. The Hall–Kier alpha value is -2.83. The highest BCUT2D eigenvalue weighted by Gasteiger charge is 2.19. The molecule has 1 heterocycles. The van der Waals surface area contributed by atoms with Gasteiger partial charge in [-0.1, -0.05) is 53.7 Å². The van der Waals surface area contributed by atoms with Gasteiger partial charge in [0.25, 0.3) is 5.22 Å². The second kappa shape index (κ2) is 8.04. The third-order valence-corrected chi connectivity index (χ3v) is 5.35. The third kappa shape index (κ3) is 4.18. The molecule has 1 atom stereocenters. The summed E-state index contributed by atoms with van der Waals surface area (Å²) in [5.74, 6) is 0.257. The summed E-state index contributed by atoms with van der Waals surface area (Å²) in [7, 11) is 0. The average Bonchev–Trinajstić information content (AvgIpc) is 3.17. The molecule has 0 saturated heterocycles. The van der Waals surface area contributed by atoms with Crippen molar-refractivity contribution in [1.29, 1.82) is 0 Å². The average molecular weight is 410 g/mol. The van der Waals surface area contributed by atoms with Crippen LogP contribution in [0.15, 0.2) is 76.4 Å². The van der Waals surface area contributed by atoms with Crippen LogP contribution in [-0.4, -0.2) is 21.4 Å². The topological polar surface area (TPSA) is 68.0 Å². The molecule has 0 radical (unpaired) electrons. The lowest BCUT2D eigenvalue weighted by molar-refractivity contribution is -0.115. The number of hydrogen-bond acceptors (Lipinski definition) is 5. The van der Waals surface area contributed by atoms with Crippen molar-refractivity contribution in [2.24, 2.45) is 0 Å². The molecule has 0 saturated carbocycles. The molecule has 0 spiro atoms. The Morgan fingerprint density at radius 1 is 1.04 bits per heavy atom. The van der Waals surface area contributed by atoms with E-state index in [0.717, 1.165) is 22.0 Å². The maximum Gasteiger partial charge on any atom is 0.277 e. The first-order chi connectivity index (χ1) is 13.6. The molecule has 4 rings (SSSR count). The van der Waals surface area contributed by atoms with Crippen LogP contribution in [0, 0.1) is 0 Å². The van der Waals surface area contributed by atoms with Crippen LogP contribution < -0.4 is 5.32 Å². The summed E-state index contributed by atoms with van der Waals surface area (Å²) in [6.45, 7) is 1.80. The minimum atomic E-state index is -0.398. The van der Waals surface area contributed by atoms with Gasteiger partial charge in [-0.05, 0) is 54.1 Å². The Labute approximate surface area is 171 Å². The van der Waals surface area contributed by atoms with Crippen molar-refractivity contribution in [2.45, 2.75) is 17.4 Å². The van der Waals surface area contributed by atoms with Crippen molar-refractivity contribution >= 4 is 45.7 Å². The van der Waals surface area contributed by atoms with Crippen LogP contribution in [-0.2, 0) is 4.79 Å². The van der Waals surface area contributed by atoms with Gasteiger partial charge in [0.15, 0.2) is 0 Å². The molecular formula is C21H16ClN3O2S. The summed E-state index contributed by atoms with van der Waals surface area (Å²) >= 11 is 7.11. The van der Waals surface area contributed by atoms with Gasteiger partial charge in [-0.2, -0.15) is 0 Å². The van der Waals surface area contributed by atoms with E-state index in [1.54, 1.807) is 31.2 Å². The molecule has 1 aromatic heterocycles. The van der Waals surface area contributed by atoms with Gasteiger partial charge in [0.2, 0.25) is 11.8 Å². The van der Waals surface area contributed by atoms with Crippen LogP contribution in [0.2, 0.25) is 5.02 Å². The Morgan fingerprint density at radius 2 is 1.79 bits per heavy atom. The number of aromatic nitrogens is 2. The van der Waals surface area contributed by atoms with Gasteiger partial charge in [-0.25, -0.2) is 0 Å². The molecule has 0 aliphatic carbocycles. The van der Waals surface area contributed by atoms with Gasteiger partial charge in [-0.15, -0.1) is 10.2 Å². The van der Waals surface area contributed by atoms with Gasteiger partial charge in [0.05, 0.1) is 5.25 Å². The van der Waals surface area contributed by atoms with E-state index in [1.165, 1.54) is 11.8 Å². The molecule has 0 bridgehead atoms. The fraction of sp³-hybridized carbons (Fsp3) is 0.0952. The second-order valence-corrected chi connectivity index (χ2v) is 7.92. The van der Waals surface area contributed by atoms with Gasteiger partial charge < -0.3 is 9.73 Å². The lowest BCUT2D eigenvalue weighted by Gasteiger charge is -2.10. The van der Waals surface area contributed by atoms with Crippen molar-refractivity contribution in [3.05, 3.63) is 71.8 Å². The van der Waals surface area contributed by atoms with Crippen molar-refractivity contribution < 1.29 is 9.21 Å². The minimum Gasteiger partial charge on any atom is -0.411 e. The van der Waals surface area contributed by atoms with E-state index in [9.17, 15) is 4.79 Å². The number of carbonyl (C=O) groups is 1. The maximum atomic E-state index is 12.5. The highest BCUT2D eigenvalue weighted by atomic mass is 35.5. The SMILES string of the molecule is C[C@H](Sc1nnc(-c2ccc(Cl)cc2)o1)C(=O)Nc1ccc2ccccc2c1. The number of halogens is 1. The molecule has 1 amide bonds. The van der Waals surface area contributed by atoms with E-state index < -0.39 is 5.25 Å². The summed E-state index contributed by atoms with van der Waals surface area (Å²) < 4.78 is 5.66. The molecule has 3 aromatic carbocycles. The Balaban J connectivity index is 1.42. The van der Waals surface area contributed by atoms with Crippen molar-refractivity contribution in [3.63, 3.8) is 0 Å². The van der Waals surface area contributed by atoms with Gasteiger partial charge in [-0.3, -0.25) is 4.79 Å². The highest BCUT2D eigenvalue weighted by molar-refractivity contribution is 8.00. The smallest absolute Gasteiger partial charge is 0.277 e. The molecule has 5 nitrogen and oxygen atoms in total. The largest absolute Gasteiger partial charge is 0.411 e. The van der Waals surface area contributed by atoms with E-state index in [1.807, 2.05) is 42.5 Å². The summed E-state index contributed by atoms with van der Waals surface area (Å²) in [6, 6.07) is 21.0. The fourth-order valence-corrected chi connectivity index (χ4v) is 3.49. The highest BCUT2D eigenvalue weighted by Crippen LogP contribution is 2.27. The Kier molecular flexibility index (Phi) is 5.32. The standard InChI is InChI=1S/C21H16ClN3O2S/c1-13(19(26)23-18-11-8-14-4-2-3-5-16(14)12-18)28-21-25-24-20(27-21)15-6-9-17(22)10-7-15/h2-13H,1H3,(H,23,26)/t13-/m0/s1. The lowest BCUT2D eigenvalue weighted by atomic mass is 10.1. The first-order valence-electron chi connectivity index (χ1n) is 8.64. The lowest BCUT2D eigenvalue weighted by Crippen LogP contribution is -2.22. The number of benzene rings is 3. The monoisotopic (exact) mass is 409 g/mol. The molecule has 0 unspecified atom stereocenters. The number of rotatable bonds is 5. The number of carbonyl (C=O) groups excluding carboxylic acids is 1. The van der Waals surface area contributed by atoms with Crippen molar-refractivity contribution in [2.75, 3.05) is 5.32 Å². The van der Waals surface area contributed by atoms with E-state index in [2.05, 4.69) is 15.5 Å². The molecule has 0 fully saturated rings. The quantitative estimate of drug-likeness (QED) is 0.430.